The molecule has 0 unspecified atom stereocenters. The van der Waals surface area contributed by atoms with Gasteiger partial charge in [-0.05, 0) is 89.5 Å². The number of ether oxygens (including phenoxy) is 1. The summed E-state index contributed by atoms with van der Waals surface area (Å²) in [6.45, 7) is 8.21. The number of aromatic nitrogens is 1. The number of amides is 1. The van der Waals surface area contributed by atoms with Crippen LogP contribution in [-0.2, 0) is 20.9 Å². The molecule has 31 heavy (non-hydrogen) atoms. The van der Waals surface area contributed by atoms with Crippen molar-refractivity contribution < 1.29 is 19.1 Å². The van der Waals surface area contributed by atoms with Gasteiger partial charge in [-0.25, -0.2) is 4.79 Å². The number of aryl methyl sites for hydroxylation is 1. The second-order valence-electron chi connectivity index (χ2n) is 10.4. The van der Waals surface area contributed by atoms with Crippen LogP contribution in [0.2, 0.25) is 0 Å². The van der Waals surface area contributed by atoms with Gasteiger partial charge in [-0.2, -0.15) is 0 Å². The van der Waals surface area contributed by atoms with Crippen molar-refractivity contribution in [1.82, 2.24) is 9.88 Å². The van der Waals surface area contributed by atoms with Crippen molar-refractivity contribution in [2.75, 3.05) is 6.61 Å². The summed E-state index contributed by atoms with van der Waals surface area (Å²) < 4.78 is 7.41. The van der Waals surface area contributed by atoms with Crippen LogP contribution >= 0.6 is 0 Å². The second-order valence-corrected chi connectivity index (χ2v) is 10.4. The van der Waals surface area contributed by atoms with Crippen LogP contribution in [0.25, 0.3) is 0 Å². The van der Waals surface area contributed by atoms with Gasteiger partial charge in [0, 0.05) is 28.9 Å². The summed E-state index contributed by atoms with van der Waals surface area (Å²) in [5, 5.41) is 2.91. The number of hydrogen-bond acceptors (Lipinski definition) is 4. The molecule has 170 valence electrons. The van der Waals surface area contributed by atoms with Gasteiger partial charge in [0.05, 0.1) is 0 Å². The molecule has 0 aliphatic heterocycles. The van der Waals surface area contributed by atoms with Crippen LogP contribution in [-0.4, -0.2) is 34.9 Å². The third kappa shape index (κ3) is 4.18. The van der Waals surface area contributed by atoms with Crippen LogP contribution in [0.15, 0.2) is 6.07 Å². The zero-order chi connectivity index (χ0) is 22.3. The Kier molecular flexibility index (Phi) is 6.01. The fraction of sp³-hybridized carbons (Fsp3) is 0.720. The number of rotatable bonds is 8. The molecule has 0 aromatic carbocycles. The maximum atomic E-state index is 13.1. The van der Waals surface area contributed by atoms with Crippen molar-refractivity contribution in [3.8, 4) is 0 Å². The monoisotopic (exact) mass is 428 g/mol. The Balaban J connectivity index is 1.32. The Bertz CT molecular complexity index is 849. The zero-order valence-corrected chi connectivity index (χ0v) is 19.3. The topological polar surface area (TPSA) is 77.4 Å². The molecular weight excluding hydrogens is 392 g/mol. The maximum absolute atomic E-state index is 13.1. The van der Waals surface area contributed by atoms with Crippen LogP contribution in [0, 0.1) is 37.0 Å². The molecule has 0 saturated heterocycles. The van der Waals surface area contributed by atoms with Gasteiger partial charge in [0.2, 0.25) is 11.7 Å². The summed E-state index contributed by atoms with van der Waals surface area (Å²) in [5.41, 5.74) is 2.24. The lowest BCUT2D eigenvalue weighted by atomic mass is 9.49. The van der Waals surface area contributed by atoms with Gasteiger partial charge in [0.1, 0.15) is 6.04 Å². The molecule has 4 aliphatic carbocycles. The van der Waals surface area contributed by atoms with Crippen molar-refractivity contribution in [3.63, 3.8) is 0 Å². The third-order valence-corrected chi connectivity index (χ3v) is 7.89. The van der Waals surface area contributed by atoms with Crippen LogP contribution in [0.3, 0.4) is 0 Å². The van der Waals surface area contributed by atoms with Gasteiger partial charge in [0.25, 0.3) is 0 Å². The van der Waals surface area contributed by atoms with Gasteiger partial charge in [-0.3, -0.25) is 9.59 Å². The number of carbonyl (C=O) groups excluding carboxylic acids is 3. The molecule has 1 aromatic heterocycles. The standard InChI is InChI=1S/C25H36N2O4/c1-5-6-27-15(2)7-21(17(27)4)22(28)14-31-23(29)16(3)26-24(30)25-11-18-8-19(12-25)10-20(9-18)13-25/h7,16,18-20H,5-6,8-14H2,1-4H3,(H,26,30)/t16-,18?,19?,20?,25?/m0/s1. The lowest BCUT2D eigenvalue weighted by Crippen LogP contribution is -2.56. The predicted molar refractivity (Wildman–Crippen MR) is 118 cm³/mol. The molecule has 1 amide bonds. The molecule has 0 radical (unpaired) electrons. The fourth-order valence-corrected chi connectivity index (χ4v) is 6.79. The van der Waals surface area contributed by atoms with Crippen molar-refractivity contribution in [2.45, 2.75) is 85.2 Å². The van der Waals surface area contributed by atoms with E-state index in [-0.39, 0.29) is 23.7 Å². The smallest absolute Gasteiger partial charge is 0.328 e. The van der Waals surface area contributed by atoms with Crippen LogP contribution in [0.5, 0.6) is 0 Å². The van der Waals surface area contributed by atoms with E-state index in [0.29, 0.717) is 23.3 Å². The Morgan fingerprint density at radius 1 is 1.13 bits per heavy atom. The first-order chi connectivity index (χ1) is 14.7. The van der Waals surface area contributed by atoms with E-state index in [4.69, 9.17) is 4.74 Å². The van der Waals surface area contributed by atoms with Gasteiger partial charge in [-0.15, -0.1) is 0 Å². The lowest BCUT2D eigenvalue weighted by molar-refractivity contribution is -0.153. The molecule has 6 heteroatoms. The normalized spacial score (nSPS) is 29.6. The molecule has 6 nitrogen and oxygen atoms in total. The molecule has 1 aromatic rings. The first-order valence-electron chi connectivity index (χ1n) is 11.9. The van der Waals surface area contributed by atoms with Crippen LogP contribution in [0.4, 0.5) is 0 Å². The molecule has 1 heterocycles. The Morgan fingerprint density at radius 2 is 1.71 bits per heavy atom. The Labute approximate surface area is 185 Å². The molecule has 0 spiro atoms. The minimum Gasteiger partial charge on any atom is -0.456 e. The molecule has 4 saturated carbocycles. The molecule has 4 fully saturated rings. The summed E-state index contributed by atoms with van der Waals surface area (Å²) in [6.07, 6.45) is 7.66. The molecule has 1 atom stereocenters. The zero-order valence-electron chi connectivity index (χ0n) is 19.3. The van der Waals surface area contributed by atoms with Crippen molar-refractivity contribution in [1.29, 1.82) is 0 Å². The van der Waals surface area contributed by atoms with E-state index in [1.165, 1.54) is 19.3 Å². The SMILES string of the molecule is CCCn1c(C)cc(C(=O)COC(=O)[C@H](C)NC(=O)C23CC4CC(CC(C4)C2)C3)c1C. The molecule has 5 rings (SSSR count). The summed E-state index contributed by atoms with van der Waals surface area (Å²) in [6, 6.07) is 1.11. The van der Waals surface area contributed by atoms with E-state index >= 15 is 0 Å². The summed E-state index contributed by atoms with van der Waals surface area (Å²) in [5.74, 6) is 1.26. The van der Waals surface area contributed by atoms with Crippen LogP contribution in [0.1, 0.15) is 80.5 Å². The average molecular weight is 429 g/mol. The van der Waals surface area contributed by atoms with Gasteiger partial charge in [-0.1, -0.05) is 6.92 Å². The highest BCUT2D eigenvalue weighted by Gasteiger charge is 2.54. The van der Waals surface area contributed by atoms with E-state index in [9.17, 15) is 14.4 Å². The van der Waals surface area contributed by atoms with Crippen molar-refractivity contribution in [3.05, 3.63) is 23.0 Å². The minimum atomic E-state index is -0.749. The summed E-state index contributed by atoms with van der Waals surface area (Å²) in [7, 11) is 0. The number of nitrogens with zero attached hydrogens (tertiary/aromatic N) is 1. The van der Waals surface area contributed by atoms with Crippen molar-refractivity contribution >= 4 is 17.7 Å². The van der Waals surface area contributed by atoms with Gasteiger partial charge < -0.3 is 14.6 Å². The number of Topliss-reactive ketones (excluding diaryl/α,β-unsaturated/α-hetero) is 1. The van der Waals surface area contributed by atoms with E-state index in [1.54, 1.807) is 6.92 Å². The number of nitrogens with one attached hydrogen (secondary N) is 1. The first-order valence-corrected chi connectivity index (χ1v) is 11.9. The van der Waals surface area contributed by atoms with Gasteiger partial charge in [0.15, 0.2) is 6.61 Å². The Hall–Kier alpha value is -2.11. The largest absolute Gasteiger partial charge is 0.456 e. The summed E-state index contributed by atoms with van der Waals surface area (Å²) >= 11 is 0. The van der Waals surface area contributed by atoms with Crippen molar-refractivity contribution in [2.24, 2.45) is 23.2 Å². The molecular formula is C25H36N2O4. The highest BCUT2D eigenvalue weighted by atomic mass is 16.5. The maximum Gasteiger partial charge on any atom is 0.328 e. The molecule has 4 bridgehead atoms. The third-order valence-electron chi connectivity index (χ3n) is 7.89. The van der Waals surface area contributed by atoms with Crippen LogP contribution < -0.4 is 5.32 Å². The minimum absolute atomic E-state index is 0.00508. The number of esters is 1. The van der Waals surface area contributed by atoms with Gasteiger partial charge >= 0.3 is 5.97 Å². The second kappa shape index (κ2) is 8.44. The average Bonchev–Trinajstić information content (AvgIpc) is 2.99. The number of hydrogen-bond donors (Lipinski definition) is 1. The highest BCUT2D eigenvalue weighted by molar-refractivity contribution is 5.99. The lowest BCUT2D eigenvalue weighted by Gasteiger charge is -2.55. The predicted octanol–water partition coefficient (Wildman–Crippen LogP) is 3.96. The molecule has 1 N–H and O–H groups in total. The first kappa shape index (κ1) is 22.1. The van der Waals surface area contributed by atoms with E-state index in [0.717, 1.165) is 43.6 Å². The van der Waals surface area contributed by atoms with E-state index in [2.05, 4.69) is 16.8 Å². The molecule has 4 aliphatic rings. The quantitative estimate of drug-likeness (QED) is 0.502. The number of ketones is 1. The summed E-state index contributed by atoms with van der Waals surface area (Å²) in [4.78, 5) is 38.3. The Morgan fingerprint density at radius 3 is 2.26 bits per heavy atom. The number of carbonyl (C=O) groups is 3. The van der Waals surface area contributed by atoms with E-state index in [1.807, 2.05) is 19.9 Å². The highest BCUT2D eigenvalue weighted by Crippen LogP contribution is 2.60. The fourth-order valence-electron chi connectivity index (χ4n) is 6.79. The van der Waals surface area contributed by atoms with E-state index < -0.39 is 12.0 Å².